The molecule has 0 N–H and O–H groups in total. The highest BCUT2D eigenvalue weighted by atomic mass is 19.4. The molecular weight excluding hydrogens is 331 g/mol. The van der Waals surface area contributed by atoms with E-state index in [9.17, 15) is 13.2 Å². The quantitative estimate of drug-likeness (QED) is 0.687. The van der Waals surface area contributed by atoms with Gasteiger partial charge in [-0.3, -0.25) is 9.88 Å². The minimum atomic E-state index is -4.36. The van der Waals surface area contributed by atoms with E-state index in [4.69, 9.17) is 4.52 Å². The van der Waals surface area contributed by atoms with Crippen molar-refractivity contribution in [1.29, 1.82) is 0 Å². The van der Waals surface area contributed by atoms with Gasteiger partial charge in [0.15, 0.2) is 5.76 Å². The summed E-state index contributed by atoms with van der Waals surface area (Å²) >= 11 is 0. The molecule has 25 heavy (non-hydrogen) atoms. The van der Waals surface area contributed by atoms with Crippen molar-refractivity contribution in [3.8, 4) is 11.3 Å². The maximum atomic E-state index is 13.1. The lowest BCUT2D eigenvalue weighted by Gasteiger charge is -2.18. The number of nitrogens with zero attached hydrogens (tertiary/aromatic N) is 3. The van der Waals surface area contributed by atoms with Gasteiger partial charge in [0.2, 0.25) is 0 Å². The fourth-order valence-corrected chi connectivity index (χ4v) is 2.59. The number of alkyl halides is 3. The van der Waals surface area contributed by atoms with Crippen LogP contribution in [0, 0.1) is 0 Å². The topological polar surface area (TPSA) is 42.2 Å². The smallest absolute Gasteiger partial charge is 0.359 e. The molecule has 4 nitrogen and oxygen atoms in total. The first-order valence-electron chi connectivity index (χ1n) is 7.63. The molecule has 0 aliphatic heterocycles. The van der Waals surface area contributed by atoms with Gasteiger partial charge >= 0.3 is 6.18 Å². The van der Waals surface area contributed by atoms with E-state index in [1.165, 1.54) is 12.1 Å². The maximum absolute atomic E-state index is 13.1. The molecule has 3 aromatic rings. The zero-order valence-electron chi connectivity index (χ0n) is 13.5. The standard InChI is InChI=1S/C18H16F3N3O/c1-24(11-14-4-2-3-5-16(14)18(19,20)21)12-15-10-17(23-25-15)13-6-8-22-9-7-13/h2-10H,11-12H2,1H3. The molecule has 0 saturated carbocycles. The Balaban J connectivity index is 1.70. The van der Waals surface area contributed by atoms with Crippen LogP contribution < -0.4 is 0 Å². The third-order valence-electron chi connectivity index (χ3n) is 3.72. The second-order valence-electron chi connectivity index (χ2n) is 5.74. The molecule has 0 saturated heterocycles. The number of hydrogen-bond acceptors (Lipinski definition) is 4. The highest BCUT2D eigenvalue weighted by molar-refractivity contribution is 5.57. The maximum Gasteiger partial charge on any atom is 0.416 e. The average Bonchev–Trinajstić information content (AvgIpc) is 3.03. The van der Waals surface area contributed by atoms with E-state index in [1.54, 1.807) is 36.5 Å². The van der Waals surface area contributed by atoms with E-state index in [1.807, 2.05) is 12.1 Å². The van der Waals surface area contributed by atoms with Gasteiger partial charge in [-0.1, -0.05) is 23.4 Å². The Bertz CT molecular complexity index is 831. The first kappa shape index (κ1) is 17.2. The Morgan fingerprint density at radius 2 is 1.76 bits per heavy atom. The molecule has 0 bridgehead atoms. The molecule has 0 fully saturated rings. The molecule has 2 heterocycles. The van der Waals surface area contributed by atoms with E-state index >= 15 is 0 Å². The van der Waals surface area contributed by atoms with E-state index in [2.05, 4.69) is 10.1 Å². The Hall–Kier alpha value is -2.67. The fourth-order valence-electron chi connectivity index (χ4n) is 2.59. The first-order valence-corrected chi connectivity index (χ1v) is 7.63. The van der Waals surface area contributed by atoms with Gasteiger partial charge in [-0.2, -0.15) is 13.2 Å². The highest BCUT2D eigenvalue weighted by Gasteiger charge is 2.33. The normalized spacial score (nSPS) is 11.9. The molecule has 1 aromatic carbocycles. The van der Waals surface area contributed by atoms with Crippen LogP contribution >= 0.6 is 0 Å². The molecule has 0 spiro atoms. The van der Waals surface area contributed by atoms with Crippen molar-refractivity contribution in [1.82, 2.24) is 15.0 Å². The van der Waals surface area contributed by atoms with Gasteiger partial charge in [0.05, 0.1) is 12.1 Å². The van der Waals surface area contributed by atoms with Crippen molar-refractivity contribution in [2.75, 3.05) is 7.05 Å². The van der Waals surface area contributed by atoms with E-state index in [-0.39, 0.29) is 12.1 Å². The summed E-state index contributed by atoms with van der Waals surface area (Å²) in [7, 11) is 1.74. The molecule has 0 aliphatic carbocycles. The van der Waals surface area contributed by atoms with Gasteiger partial charge < -0.3 is 4.52 Å². The van der Waals surface area contributed by atoms with Crippen molar-refractivity contribution in [3.63, 3.8) is 0 Å². The lowest BCUT2D eigenvalue weighted by atomic mass is 10.1. The number of benzene rings is 1. The fraction of sp³-hybridized carbons (Fsp3) is 0.222. The van der Waals surface area contributed by atoms with Crippen molar-refractivity contribution < 1.29 is 17.7 Å². The molecule has 0 unspecified atom stereocenters. The van der Waals surface area contributed by atoms with Gasteiger partial charge in [-0.15, -0.1) is 0 Å². The third kappa shape index (κ3) is 4.24. The minimum absolute atomic E-state index is 0.154. The van der Waals surface area contributed by atoms with Crippen LogP contribution in [0.4, 0.5) is 13.2 Å². The van der Waals surface area contributed by atoms with Gasteiger partial charge in [0.25, 0.3) is 0 Å². The lowest BCUT2D eigenvalue weighted by molar-refractivity contribution is -0.138. The molecule has 130 valence electrons. The Labute approximate surface area is 142 Å². The number of aromatic nitrogens is 2. The molecule has 7 heteroatoms. The number of halogens is 3. The minimum Gasteiger partial charge on any atom is -0.359 e. The Morgan fingerprint density at radius 3 is 2.48 bits per heavy atom. The van der Waals surface area contributed by atoms with E-state index in [0.717, 1.165) is 11.6 Å². The molecule has 0 amide bonds. The molecule has 2 aromatic heterocycles. The summed E-state index contributed by atoms with van der Waals surface area (Å²) in [6.45, 7) is 0.505. The lowest BCUT2D eigenvalue weighted by Crippen LogP contribution is -2.20. The molecule has 0 atom stereocenters. The summed E-state index contributed by atoms with van der Waals surface area (Å²) < 4.78 is 44.5. The summed E-state index contributed by atoms with van der Waals surface area (Å²) in [5.74, 6) is 0.582. The average molecular weight is 347 g/mol. The summed E-state index contributed by atoms with van der Waals surface area (Å²) in [6, 6.07) is 11.0. The third-order valence-corrected chi connectivity index (χ3v) is 3.72. The highest BCUT2D eigenvalue weighted by Crippen LogP contribution is 2.32. The number of hydrogen-bond donors (Lipinski definition) is 0. The summed E-state index contributed by atoms with van der Waals surface area (Å²) in [5.41, 5.74) is 1.15. The zero-order chi connectivity index (χ0) is 17.9. The Kier molecular flexibility index (Phi) is 4.85. The molecule has 3 rings (SSSR count). The summed E-state index contributed by atoms with van der Waals surface area (Å²) in [5, 5.41) is 3.99. The SMILES string of the molecule is CN(Cc1cc(-c2ccncc2)no1)Cc1ccccc1C(F)(F)F. The van der Waals surface area contributed by atoms with Crippen LogP contribution in [0.1, 0.15) is 16.9 Å². The van der Waals surface area contributed by atoms with Gasteiger partial charge in [0.1, 0.15) is 5.69 Å². The van der Waals surface area contributed by atoms with Crippen LogP contribution in [0.25, 0.3) is 11.3 Å². The van der Waals surface area contributed by atoms with Gasteiger partial charge in [-0.05, 0) is 30.8 Å². The van der Waals surface area contributed by atoms with Gasteiger partial charge in [-0.25, -0.2) is 0 Å². The van der Waals surface area contributed by atoms with Crippen molar-refractivity contribution >= 4 is 0 Å². The number of pyridine rings is 1. The molecule has 0 aliphatic rings. The molecule has 0 radical (unpaired) electrons. The molecular formula is C18H16F3N3O. The monoisotopic (exact) mass is 347 g/mol. The largest absolute Gasteiger partial charge is 0.416 e. The Morgan fingerprint density at radius 1 is 1.04 bits per heavy atom. The van der Waals surface area contributed by atoms with Crippen LogP contribution in [0.15, 0.2) is 59.4 Å². The van der Waals surface area contributed by atoms with E-state index in [0.29, 0.717) is 18.0 Å². The van der Waals surface area contributed by atoms with Crippen LogP contribution in [0.5, 0.6) is 0 Å². The summed E-state index contributed by atoms with van der Waals surface area (Å²) in [4.78, 5) is 5.69. The predicted octanol–water partition coefficient (Wildman–Crippen LogP) is 4.39. The first-order chi connectivity index (χ1) is 11.9. The number of rotatable bonds is 5. The van der Waals surface area contributed by atoms with Crippen LogP contribution in [0.2, 0.25) is 0 Å². The van der Waals surface area contributed by atoms with Crippen molar-refractivity contribution in [2.24, 2.45) is 0 Å². The van der Waals surface area contributed by atoms with Crippen molar-refractivity contribution in [3.05, 3.63) is 71.7 Å². The van der Waals surface area contributed by atoms with E-state index < -0.39 is 11.7 Å². The second-order valence-corrected chi connectivity index (χ2v) is 5.74. The van der Waals surface area contributed by atoms with Crippen molar-refractivity contribution in [2.45, 2.75) is 19.3 Å². The van der Waals surface area contributed by atoms with Crippen LogP contribution in [-0.4, -0.2) is 22.1 Å². The second kappa shape index (κ2) is 7.06. The van der Waals surface area contributed by atoms with Crippen LogP contribution in [0.3, 0.4) is 0 Å². The van der Waals surface area contributed by atoms with Crippen LogP contribution in [-0.2, 0) is 19.3 Å². The zero-order valence-corrected chi connectivity index (χ0v) is 13.5. The predicted molar refractivity (Wildman–Crippen MR) is 86.3 cm³/mol. The van der Waals surface area contributed by atoms with Gasteiger partial charge in [0, 0.05) is 30.6 Å². The summed E-state index contributed by atoms with van der Waals surface area (Å²) in [6.07, 6.45) is -1.05.